The SMILES string of the molecule is CCNc1nc(C)c([N+](=O)[O-])c(N(C)C(CC)CSC)n1. The maximum atomic E-state index is 11.4. The molecule has 1 rings (SSSR count). The molecule has 7 nitrogen and oxygen atoms in total. The summed E-state index contributed by atoms with van der Waals surface area (Å²) < 4.78 is 0. The summed E-state index contributed by atoms with van der Waals surface area (Å²) in [5.41, 5.74) is 0.366. The fraction of sp³-hybridized carbons (Fsp3) is 0.692. The summed E-state index contributed by atoms with van der Waals surface area (Å²) in [6, 6.07) is 0.197. The van der Waals surface area contributed by atoms with Crippen molar-refractivity contribution >= 4 is 29.2 Å². The molecule has 118 valence electrons. The number of nitrogens with zero attached hydrogens (tertiary/aromatic N) is 4. The highest BCUT2D eigenvalue weighted by Crippen LogP contribution is 2.31. The largest absolute Gasteiger partial charge is 0.354 e. The van der Waals surface area contributed by atoms with Gasteiger partial charge >= 0.3 is 5.69 Å². The smallest absolute Gasteiger partial charge is 0.332 e. The number of hydrogen-bond acceptors (Lipinski definition) is 7. The van der Waals surface area contributed by atoms with Gasteiger partial charge in [-0.05, 0) is 26.5 Å². The number of rotatable bonds is 8. The number of nitro groups is 1. The van der Waals surface area contributed by atoms with Crippen molar-refractivity contribution in [2.75, 3.05) is 35.8 Å². The lowest BCUT2D eigenvalue weighted by atomic mass is 10.2. The molecular formula is C13H23N5O2S. The van der Waals surface area contributed by atoms with Crippen LogP contribution in [0, 0.1) is 17.0 Å². The maximum Gasteiger partial charge on any atom is 0.332 e. The standard InChI is InChI=1S/C13H23N5O2S/c1-6-10(8-21-5)17(4)12-11(18(19)20)9(3)15-13(16-12)14-7-2/h10H,6-8H2,1-5H3,(H,14,15,16). The van der Waals surface area contributed by atoms with Gasteiger partial charge in [-0.25, -0.2) is 4.98 Å². The lowest BCUT2D eigenvalue weighted by molar-refractivity contribution is -0.385. The van der Waals surface area contributed by atoms with Crippen molar-refractivity contribution in [1.82, 2.24) is 9.97 Å². The molecule has 21 heavy (non-hydrogen) atoms. The molecule has 1 aromatic heterocycles. The Bertz CT molecular complexity index is 498. The maximum absolute atomic E-state index is 11.4. The Balaban J connectivity index is 3.31. The third-order valence-corrected chi connectivity index (χ3v) is 3.99. The van der Waals surface area contributed by atoms with E-state index in [1.807, 2.05) is 25.1 Å². The van der Waals surface area contributed by atoms with E-state index in [1.54, 1.807) is 18.7 Å². The zero-order chi connectivity index (χ0) is 16.0. The minimum absolute atomic E-state index is 0.0151. The second-order valence-electron chi connectivity index (χ2n) is 4.72. The van der Waals surface area contributed by atoms with Gasteiger partial charge in [0, 0.05) is 25.4 Å². The molecule has 0 saturated heterocycles. The van der Waals surface area contributed by atoms with Gasteiger partial charge in [-0.1, -0.05) is 6.92 Å². The summed E-state index contributed by atoms with van der Waals surface area (Å²) in [6.07, 6.45) is 2.92. The molecule has 0 amide bonds. The quantitative estimate of drug-likeness (QED) is 0.583. The first-order chi connectivity index (χ1) is 9.96. The van der Waals surface area contributed by atoms with E-state index in [9.17, 15) is 10.1 Å². The predicted octanol–water partition coefficient (Wildman–Crippen LogP) is 2.70. The van der Waals surface area contributed by atoms with Gasteiger partial charge in [0.1, 0.15) is 5.69 Å². The van der Waals surface area contributed by atoms with E-state index in [2.05, 4.69) is 22.2 Å². The van der Waals surface area contributed by atoms with Crippen LogP contribution in [0.25, 0.3) is 0 Å². The predicted molar refractivity (Wildman–Crippen MR) is 88.5 cm³/mol. The van der Waals surface area contributed by atoms with Crippen LogP contribution in [0.2, 0.25) is 0 Å². The van der Waals surface area contributed by atoms with Crippen LogP contribution in [-0.4, -0.2) is 46.5 Å². The van der Waals surface area contributed by atoms with Crippen molar-refractivity contribution in [1.29, 1.82) is 0 Å². The number of hydrogen-bond donors (Lipinski definition) is 1. The Morgan fingerprint density at radius 2 is 2.10 bits per heavy atom. The van der Waals surface area contributed by atoms with E-state index in [0.717, 1.165) is 12.2 Å². The summed E-state index contributed by atoms with van der Waals surface area (Å²) in [7, 11) is 1.86. The van der Waals surface area contributed by atoms with Gasteiger partial charge in [0.05, 0.1) is 4.92 Å². The minimum atomic E-state index is -0.400. The van der Waals surface area contributed by atoms with Crippen LogP contribution >= 0.6 is 11.8 Å². The van der Waals surface area contributed by atoms with E-state index in [4.69, 9.17) is 0 Å². The fourth-order valence-electron chi connectivity index (χ4n) is 2.12. The van der Waals surface area contributed by atoms with Crippen molar-refractivity contribution in [2.24, 2.45) is 0 Å². The fourth-order valence-corrected chi connectivity index (χ4v) is 2.96. The number of aryl methyl sites for hydroxylation is 1. The Hall–Kier alpha value is -1.57. The molecule has 0 spiro atoms. The molecule has 1 heterocycles. The van der Waals surface area contributed by atoms with Gasteiger partial charge in [0.15, 0.2) is 0 Å². The van der Waals surface area contributed by atoms with Crippen LogP contribution in [0.3, 0.4) is 0 Å². The van der Waals surface area contributed by atoms with E-state index in [0.29, 0.717) is 24.0 Å². The summed E-state index contributed by atoms with van der Waals surface area (Å²) >= 11 is 1.72. The Morgan fingerprint density at radius 1 is 1.43 bits per heavy atom. The van der Waals surface area contributed by atoms with Gasteiger partial charge in [-0.3, -0.25) is 10.1 Å². The summed E-state index contributed by atoms with van der Waals surface area (Å²) in [5.74, 6) is 1.70. The summed E-state index contributed by atoms with van der Waals surface area (Å²) in [4.78, 5) is 21.4. The molecule has 0 saturated carbocycles. The van der Waals surface area contributed by atoms with Crippen molar-refractivity contribution in [3.8, 4) is 0 Å². The molecule has 0 aliphatic rings. The summed E-state index contributed by atoms with van der Waals surface area (Å²) in [6.45, 7) is 6.32. The van der Waals surface area contributed by atoms with Crippen LogP contribution in [0.15, 0.2) is 0 Å². The van der Waals surface area contributed by atoms with E-state index >= 15 is 0 Å². The molecule has 0 aliphatic heterocycles. The van der Waals surface area contributed by atoms with Crippen LogP contribution in [0.4, 0.5) is 17.5 Å². The first-order valence-corrected chi connectivity index (χ1v) is 8.34. The van der Waals surface area contributed by atoms with Crippen LogP contribution in [0.5, 0.6) is 0 Å². The molecule has 0 aliphatic carbocycles. The number of thioether (sulfide) groups is 1. The van der Waals surface area contributed by atoms with Crippen molar-refractivity contribution in [2.45, 2.75) is 33.2 Å². The van der Waals surface area contributed by atoms with Gasteiger partial charge in [0.25, 0.3) is 0 Å². The molecule has 0 radical (unpaired) electrons. The number of nitrogens with one attached hydrogen (secondary N) is 1. The monoisotopic (exact) mass is 313 g/mol. The Labute approximate surface area is 129 Å². The first kappa shape index (κ1) is 17.5. The van der Waals surface area contributed by atoms with E-state index < -0.39 is 4.92 Å². The highest BCUT2D eigenvalue weighted by molar-refractivity contribution is 7.98. The molecule has 1 atom stereocenters. The van der Waals surface area contributed by atoms with E-state index in [-0.39, 0.29) is 11.7 Å². The highest BCUT2D eigenvalue weighted by atomic mass is 32.2. The minimum Gasteiger partial charge on any atom is -0.354 e. The molecule has 1 unspecified atom stereocenters. The highest BCUT2D eigenvalue weighted by Gasteiger charge is 2.27. The number of aromatic nitrogens is 2. The average Bonchev–Trinajstić information content (AvgIpc) is 2.43. The molecule has 1 N–H and O–H groups in total. The number of anilines is 2. The lowest BCUT2D eigenvalue weighted by Gasteiger charge is -2.27. The zero-order valence-electron chi connectivity index (χ0n) is 13.2. The van der Waals surface area contributed by atoms with Gasteiger partial charge in [0.2, 0.25) is 11.8 Å². The van der Waals surface area contributed by atoms with Gasteiger partial charge in [-0.15, -0.1) is 0 Å². The first-order valence-electron chi connectivity index (χ1n) is 6.94. The van der Waals surface area contributed by atoms with Crippen LogP contribution in [-0.2, 0) is 0 Å². The zero-order valence-corrected chi connectivity index (χ0v) is 14.0. The topological polar surface area (TPSA) is 84.2 Å². The molecule has 8 heteroatoms. The third-order valence-electron chi connectivity index (χ3n) is 3.27. The lowest BCUT2D eigenvalue weighted by Crippen LogP contribution is -2.34. The second kappa shape index (κ2) is 8.02. The van der Waals surface area contributed by atoms with Gasteiger partial charge < -0.3 is 10.2 Å². The van der Waals surface area contributed by atoms with Gasteiger partial charge in [-0.2, -0.15) is 16.7 Å². The Kier molecular flexibility index (Phi) is 6.67. The third kappa shape index (κ3) is 4.20. The van der Waals surface area contributed by atoms with Crippen molar-refractivity contribution in [3.63, 3.8) is 0 Å². The Morgan fingerprint density at radius 3 is 2.57 bits per heavy atom. The van der Waals surface area contributed by atoms with Crippen molar-refractivity contribution < 1.29 is 4.92 Å². The van der Waals surface area contributed by atoms with E-state index in [1.165, 1.54) is 0 Å². The normalized spacial score (nSPS) is 12.0. The summed E-state index contributed by atoms with van der Waals surface area (Å²) in [5, 5.41) is 14.4. The molecule has 0 bridgehead atoms. The molecule has 1 aromatic rings. The molecular weight excluding hydrogens is 290 g/mol. The van der Waals surface area contributed by atoms with Crippen molar-refractivity contribution in [3.05, 3.63) is 15.8 Å². The molecule has 0 fully saturated rings. The van der Waals surface area contributed by atoms with Crippen LogP contribution < -0.4 is 10.2 Å². The van der Waals surface area contributed by atoms with Crippen LogP contribution in [0.1, 0.15) is 26.0 Å². The molecule has 0 aromatic carbocycles. The average molecular weight is 313 g/mol. The second-order valence-corrected chi connectivity index (χ2v) is 5.63.